The topological polar surface area (TPSA) is 49.3 Å². The number of aliphatic imine (C=N–C) groups is 1. The molecule has 7 heteroatoms. The van der Waals surface area contributed by atoms with Gasteiger partial charge in [0.2, 0.25) is 0 Å². The highest BCUT2D eigenvalue weighted by molar-refractivity contribution is 7.11. The summed E-state index contributed by atoms with van der Waals surface area (Å²) < 4.78 is 13.0. The van der Waals surface area contributed by atoms with Crippen LogP contribution in [0.25, 0.3) is 0 Å². The Balaban J connectivity index is 1.74. The summed E-state index contributed by atoms with van der Waals surface area (Å²) in [7, 11) is 1.73. The highest BCUT2D eigenvalue weighted by Gasteiger charge is 2.05. The second-order valence-electron chi connectivity index (χ2n) is 5.41. The molecule has 0 aliphatic carbocycles. The predicted molar refractivity (Wildman–Crippen MR) is 99.8 cm³/mol. The molecule has 2 rings (SSSR count). The zero-order chi connectivity index (χ0) is 17.5. The number of benzene rings is 1. The first-order valence-electron chi connectivity index (χ1n) is 7.81. The van der Waals surface area contributed by atoms with Gasteiger partial charge in [-0.2, -0.15) is 0 Å². The van der Waals surface area contributed by atoms with Gasteiger partial charge in [0.1, 0.15) is 5.82 Å². The van der Waals surface area contributed by atoms with Crippen LogP contribution in [0.4, 0.5) is 4.39 Å². The fourth-order valence-electron chi connectivity index (χ4n) is 2.19. The molecule has 2 aromatic rings. The lowest BCUT2D eigenvalue weighted by Crippen LogP contribution is -2.39. The van der Waals surface area contributed by atoms with E-state index in [-0.39, 0.29) is 5.82 Å². The average Bonchev–Trinajstić information content (AvgIpc) is 2.86. The molecular formula is C17H22ClFN4S. The van der Waals surface area contributed by atoms with Gasteiger partial charge in [-0.1, -0.05) is 17.7 Å². The third-order valence-electron chi connectivity index (χ3n) is 3.63. The predicted octanol–water partition coefficient (Wildman–Crippen LogP) is 3.50. The van der Waals surface area contributed by atoms with Crippen molar-refractivity contribution in [1.82, 2.24) is 15.6 Å². The number of hydrogen-bond acceptors (Lipinski definition) is 3. The fraction of sp³-hybridized carbons (Fsp3) is 0.412. The van der Waals surface area contributed by atoms with Crippen molar-refractivity contribution in [2.45, 2.75) is 26.7 Å². The van der Waals surface area contributed by atoms with Crippen LogP contribution in [-0.4, -0.2) is 31.1 Å². The van der Waals surface area contributed by atoms with Crippen LogP contribution in [0, 0.1) is 19.7 Å². The van der Waals surface area contributed by atoms with Gasteiger partial charge in [-0.15, -0.1) is 11.3 Å². The van der Waals surface area contributed by atoms with Crippen molar-refractivity contribution < 1.29 is 4.39 Å². The van der Waals surface area contributed by atoms with E-state index in [0.717, 1.165) is 35.2 Å². The summed E-state index contributed by atoms with van der Waals surface area (Å²) in [5, 5.41) is 8.08. The molecule has 130 valence electrons. The number of nitrogens with zero attached hydrogens (tertiary/aromatic N) is 2. The molecule has 0 spiro atoms. The Morgan fingerprint density at radius 1 is 1.25 bits per heavy atom. The van der Waals surface area contributed by atoms with Crippen LogP contribution in [0.3, 0.4) is 0 Å². The third-order valence-corrected chi connectivity index (χ3v) is 5.11. The Morgan fingerprint density at radius 3 is 2.54 bits per heavy atom. The Kier molecular flexibility index (Phi) is 6.99. The van der Waals surface area contributed by atoms with Crippen LogP contribution >= 0.6 is 22.9 Å². The summed E-state index contributed by atoms with van der Waals surface area (Å²) in [5.74, 6) is 0.417. The first kappa shape index (κ1) is 18.7. The smallest absolute Gasteiger partial charge is 0.191 e. The molecule has 0 fully saturated rings. The molecule has 0 amide bonds. The number of halogens is 2. The van der Waals surface area contributed by atoms with E-state index in [0.29, 0.717) is 18.0 Å². The fourth-order valence-corrected chi connectivity index (χ4v) is 3.39. The van der Waals surface area contributed by atoms with Gasteiger partial charge in [0.05, 0.1) is 10.7 Å². The lowest BCUT2D eigenvalue weighted by molar-refractivity contribution is 0.627. The molecule has 0 atom stereocenters. The minimum Gasteiger partial charge on any atom is -0.356 e. The number of thiazole rings is 1. The molecule has 0 bridgehead atoms. The highest BCUT2D eigenvalue weighted by atomic mass is 35.5. The lowest BCUT2D eigenvalue weighted by atomic mass is 10.1. The number of hydrogen-bond donors (Lipinski definition) is 2. The van der Waals surface area contributed by atoms with E-state index in [1.807, 2.05) is 6.92 Å². The number of aryl methyl sites for hydroxylation is 2. The summed E-state index contributed by atoms with van der Waals surface area (Å²) >= 11 is 7.76. The van der Waals surface area contributed by atoms with E-state index in [1.54, 1.807) is 24.5 Å². The molecule has 0 aliphatic heterocycles. The Labute approximate surface area is 151 Å². The zero-order valence-corrected chi connectivity index (χ0v) is 15.7. The minimum atomic E-state index is -0.318. The van der Waals surface area contributed by atoms with Gasteiger partial charge in [0.25, 0.3) is 0 Å². The van der Waals surface area contributed by atoms with Crippen molar-refractivity contribution in [3.63, 3.8) is 0 Å². The van der Waals surface area contributed by atoms with Crippen LogP contribution < -0.4 is 10.6 Å². The van der Waals surface area contributed by atoms with E-state index >= 15 is 0 Å². The van der Waals surface area contributed by atoms with Crippen LogP contribution in [0.2, 0.25) is 5.02 Å². The van der Waals surface area contributed by atoms with Gasteiger partial charge in [0.15, 0.2) is 5.96 Å². The van der Waals surface area contributed by atoms with Gasteiger partial charge < -0.3 is 10.6 Å². The number of guanidine groups is 1. The van der Waals surface area contributed by atoms with Crippen LogP contribution in [-0.2, 0) is 12.8 Å². The van der Waals surface area contributed by atoms with E-state index < -0.39 is 0 Å². The normalized spacial score (nSPS) is 11.6. The van der Waals surface area contributed by atoms with Crippen molar-refractivity contribution in [2.75, 3.05) is 20.1 Å². The summed E-state index contributed by atoms with van der Waals surface area (Å²) in [6.07, 6.45) is 1.56. The van der Waals surface area contributed by atoms with Gasteiger partial charge in [-0.05, 0) is 38.0 Å². The molecule has 0 radical (unpaired) electrons. The van der Waals surface area contributed by atoms with E-state index in [4.69, 9.17) is 11.6 Å². The zero-order valence-electron chi connectivity index (χ0n) is 14.1. The first-order chi connectivity index (χ1) is 11.5. The lowest BCUT2D eigenvalue weighted by Gasteiger charge is -2.12. The number of rotatable bonds is 6. The van der Waals surface area contributed by atoms with Crippen LogP contribution in [0.5, 0.6) is 0 Å². The summed E-state index contributed by atoms with van der Waals surface area (Å²) in [5.41, 5.74) is 2.02. The molecular weight excluding hydrogens is 347 g/mol. The molecule has 1 aromatic heterocycles. The largest absolute Gasteiger partial charge is 0.356 e. The van der Waals surface area contributed by atoms with E-state index in [1.165, 1.54) is 17.0 Å². The van der Waals surface area contributed by atoms with Crippen molar-refractivity contribution in [2.24, 2.45) is 4.99 Å². The number of nitrogens with one attached hydrogen (secondary N) is 2. The Bertz CT molecular complexity index is 695. The molecule has 1 heterocycles. The van der Waals surface area contributed by atoms with Crippen molar-refractivity contribution in [1.29, 1.82) is 0 Å². The standard InChI is InChI=1S/C17H22ClFN4S/c1-11-12(2)24-16(23-11)7-9-22-17(20-3)21-8-6-13-4-5-14(19)10-15(13)18/h4-5,10H,6-9H2,1-3H3,(H2,20,21,22). The van der Waals surface area contributed by atoms with Crippen molar-refractivity contribution in [3.05, 3.63) is 50.2 Å². The monoisotopic (exact) mass is 368 g/mol. The van der Waals surface area contributed by atoms with Gasteiger partial charge in [-0.25, -0.2) is 9.37 Å². The summed E-state index contributed by atoms with van der Waals surface area (Å²) in [6.45, 7) is 5.55. The average molecular weight is 369 g/mol. The van der Waals surface area contributed by atoms with Crippen LogP contribution in [0.15, 0.2) is 23.2 Å². The molecule has 0 unspecified atom stereocenters. The molecule has 0 saturated carbocycles. The summed E-state index contributed by atoms with van der Waals surface area (Å²) in [4.78, 5) is 9.99. The molecule has 0 saturated heterocycles. The van der Waals surface area contributed by atoms with E-state index in [9.17, 15) is 4.39 Å². The first-order valence-corrected chi connectivity index (χ1v) is 9.00. The second kappa shape index (κ2) is 8.99. The number of aromatic nitrogens is 1. The third kappa shape index (κ3) is 5.46. The molecule has 24 heavy (non-hydrogen) atoms. The summed E-state index contributed by atoms with van der Waals surface area (Å²) in [6, 6.07) is 4.47. The molecule has 0 aliphatic rings. The maximum Gasteiger partial charge on any atom is 0.191 e. The SMILES string of the molecule is CN=C(NCCc1nc(C)c(C)s1)NCCc1ccc(F)cc1Cl. The second-order valence-corrected chi connectivity index (χ2v) is 7.11. The highest BCUT2D eigenvalue weighted by Crippen LogP contribution is 2.17. The van der Waals surface area contributed by atoms with Crippen LogP contribution in [0.1, 0.15) is 21.1 Å². The molecule has 2 N–H and O–H groups in total. The van der Waals surface area contributed by atoms with Gasteiger partial charge in [-0.3, -0.25) is 4.99 Å². The van der Waals surface area contributed by atoms with Crippen molar-refractivity contribution in [3.8, 4) is 0 Å². The Hall–Kier alpha value is -1.66. The quantitative estimate of drug-likeness (QED) is 0.606. The van der Waals surface area contributed by atoms with E-state index in [2.05, 4.69) is 27.5 Å². The van der Waals surface area contributed by atoms with Gasteiger partial charge >= 0.3 is 0 Å². The maximum atomic E-state index is 13.0. The molecule has 4 nitrogen and oxygen atoms in total. The minimum absolute atomic E-state index is 0.318. The molecule has 1 aromatic carbocycles. The Morgan fingerprint density at radius 2 is 1.96 bits per heavy atom. The van der Waals surface area contributed by atoms with Gasteiger partial charge in [0, 0.05) is 36.5 Å². The van der Waals surface area contributed by atoms with Crippen molar-refractivity contribution >= 4 is 28.9 Å². The maximum absolute atomic E-state index is 13.0.